The van der Waals surface area contributed by atoms with Crippen LogP contribution in [0, 0.1) is 5.92 Å². The number of nitrogens with zero attached hydrogens (tertiary/aromatic N) is 4. The van der Waals surface area contributed by atoms with Gasteiger partial charge in [0, 0.05) is 12.4 Å². The number of anilines is 1. The second kappa shape index (κ2) is 6.39. The smallest absolute Gasteiger partial charge is 0.253 e. The van der Waals surface area contributed by atoms with E-state index in [1.807, 2.05) is 25.1 Å². The minimum atomic E-state index is -0.316. The number of amides is 1. The van der Waals surface area contributed by atoms with Gasteiger partial charge in [-0.05, 0) is 43.2 Å². The summed E-state index contributed by atoms with van der Waals surface area (Å²) in [4.78, 5) is 20.8. The predicted octanol–water partition coefficient (Wildman–Crippen LogP) is 1.71. The summed E-state index contributed by atoms with van der Waals surface area (Å²) < 4.78 is 12.7. The highest BCUT2D eigenvalue weighted by molar-refractivity contribution is 5.91. The molecule has 1 amide bonds. The molecule has 8 nitrogen and oxygen atoms in total. The Labute approximate surface area is 143 Å². The number of benzene rings is 1. The van der Waals surface area contributed by atoms with Crippen molar-refractivity contribution >= 4 is 17.6 Å². The Bertz CT molecular complexity index is 891. The molecular formula is C17H17N5O3. The Morgan fingerprint density at radius 2 is 2.40 bits per heavy atom. The Kier molecular flexibility index (Phi) is 3.93. The molecule has 0 unspecified atom stereocenters. The second-order valence-electron chi connectivity index (χ2n) is 5.70. The molecule has 0 radical (unpaired) electrons. The van der Waals surface area contributed by atoms with Gasteiger partial charge in [0.15, 0.2) is 0 Å². The quantitative estimate of drug-likeness (QED) is 0.778. The van der Waals surface area contributed by atoms with E-state index in [1.165, 1.54) is 4.52 Å². The Morgan fingerprint density at radius 1 is 1.48 bits per heavy atom. The maximum atomic E-state index is 12.5. The molecule has 0 aliphatic carbocycles. The van der Waals surface area contributed by atoms with E-state index in [2.05, 4.69) is 20.4 Å². The summed E-state index contributed by atoms with van der Waals surface area (Å²) in [7, 11) is 0. The van der Waals surface area contributed by atoms with E-state index in [9.17, 15) is 4.79 Å². The van der Waals surface area contributed by atoms with Crippen LogP contribution in [0.4, 0.5) is 5.95 Å². The number of aromatic nitrogens is 4. The molecule has 0 fully saturated rings. The molecular weight excluding hydrogens is 322 g/mol. The van der Waals surface area contributed by atoms with E-state index in [1.54, 1.807) is 18.5 Å². The van der Waals surface area contributed by atoms with Crippen molar-refractivity contribution in [3.05, 3.63) is 42.2 Å². The van der Waals surface area contributed by atoms with Crippen LogP contribution in [0.25, 0.3) is 5.78 Å². The van der Waals surface area contributed by atoms with Crippen LogP contribution in [-0.4, -0.2) is 38.7 Å². The lowest BCUT2D eigenvalue weighted by molar-refractivity contribution is -0.121. The molecule has 1 aliphatic rings. The van der Waals surface area contributed by atoms with Gasteiger partial charge in [0.25, 0.3) is 11.7 Å². The number of hydrogen-bond donors (Lipinski definition) is 1. The molecule has 1 atom stereocenters. The molecule has 128 valence electrons. The Morgan fingerprint density at radius 3 is 3.24 bits per heavy atom. The number of ether oxygens (including phenoxy) is 2. The van der Waals surface area contributed by atoms with Gasteiger partial charge in [-0.2, -0.15) is 4.98 Å². The third-order valence-corrected chi connectivity index (χ3v) is 3.97. The zero-order chi connectivity index (χ0) is 17.2. The topological polar surface area (TPSA) is 90.6 Å². The first-order chi connectivity index (χ1) is 12.2. The van der Waals surface area contributed by atoms with Crippen molar-refractivity contribution in [3.63, 3.8) is 0 Å². The molecule has 2 aromatic heterocycles. The first-order valence-corrected chi connectivity index (χ1v) is 8.09. The SMILES string of the molecule is CCOc1ccc2c(c1)C[C@@H](C(=O)Nc1nc3ncccn3n1)CO2. The monoisotopic (exact) mass is 339 g/mol. The predicted molar refractivity (Wildman–Crippen MR) is 89.7 cm³/mol. The van der Waals surface area contributed by atoms with Gasteiger partial charge in [-0.15, -0.1) is 5.10 Å². The zero-order valence-corrected chi connectivity index (χ0v) is 13.7. The van der Waals surface area contributed by atoms with Gasteiger partial charge in [0.2, 0.25) is 5.91 Å². The third-order valence-electron chi connectivity index (χ3n) is 3.97. The van der Waals surface area contributed by atoms with Crippen LogP contribution in [0.1, 0.15) is 12.5 Å². The highest BCUT2D eigenvalue weighted by atomic mass is 16.5. The number of fused-ring (bicyclic) bond motifs is 2. The molecule has 4 rings (SSSR count). The average Bonchev–Trinajstić information content (AvgIpc) is 3.03. The fourth-order valence-corrected chi connectivity index (χ4v) is 2.79. The first-order valence-electron chi connectivity index (χ1n) is 8.09. The fourth-order valence-electron chi connectivity index (χ4n) is 2.79. The summed E-state index contributed by atoms with van der Waals surface area (Å²) >= 11 is 0. The van der Waals surface area contributed by atoms with Crippen molar-refractivity contribution in [2.24, 2.45) is 5.92 Å². The van der Waals surface area contributed by atoms with Gasteiger partial charge in [0.05, 0.1) is 12.5 Å². The van der Waals surface area contributed by atoms with Crippen molar-refractivity contribution in [1.82, 2.24) is 19.6 Å². The van der Waals surface area contributed by atoms with Gasteiger partial charge in [-0.1, -0.05) is 0 Å². The summed E-state index contributed by atoms with van der Waals surface area (Å²) in [6, 6.07) is 7.42. The molecule has 1 aliphatic heterocycles. The maximum absolute atomic E-state index is 12.5. The van der Waals surface area contributed by atoms with Crippen LogP contribution in [0.3, 0.4) is 0 Å². The molecule has 0 spiro atoms. The number of carbonyl (C=O) groups is 1. The molecule has 1 N–H and O–H groups in total. The van der Waals surface area contributed by atoms with Crippen LogP contribution < -0.4 is 14.8 Å². The van der Waals surface area contributed by atoms with E-state index in [4.69, 9.17) is 9.47 Å². The van der Waals surface area contributed by atoms with Crippen molar-refractivity contribution in [2.75, 3.05) is 18.5 Å². The van der Waals surface area contributed by atoms with E-state index < -0.39 is 0 Å². The van der Waals surface area contributed by atoms with E-state index in [0.717, 1.165) is 17.1 Å². The third kappa shape index (κ3) is 3.10. The van der Waals surface area contributed by atoms with Gasteiger partial charge in [-0.3, -0.25) is 10.1 Å². The lowest BCUT2D eigenvalue weighted by Crippen LogP contribution is -2.32. The van der Waals surface area contributed by atoms with Gasteiger partial charge in [0.1, 0.15) is 18.1 Å². The normalized spacial score (nSPS) is 16.1. The summed E-state index contributed by atoms with van der Waals surface area (Å²) in [6.07, 6.45) is 3.92. The molecule has 0 bridgehead atoms. The van der Waals surface area contributed by atoms with Crippen LogP contribution in [0.15, 0.2) is 36.7 Å². The summed E-state index contributed by atoms with van der Waals surface area (Å²) in [5.41, 5.74) is 0.960. The van der Waals surface area contributed by atoms with Gasteiger partial charge in [-0.25, -0.2) is 9.50 Å². The van der Waals surface area contributed by atoms with E-state index in [-0.39, 0.29) is 17.8 Å². The molecule has 1 aromatic carbocycles. The van der Waals surface area contributed by atoms with Crippen molar-refractivity contribution in [1.29, 1.82) is 0 Å². The number of rotatable bonds is 4. The van der Waals surface area contributed by atoms with Crippen LogP contribution >= 0.6 is 0 Å². The van der Waals surface area contributed by atoms with E-state index in [0.29, 0.717) is 25.4 Å². The van der Waals surface area contributed by atoms with Crippen molar-refractivity contribution in [3.8, 4) is 11.5 Å². The lowest BCUT2D eigenvalue weighted by atomic mass is 9.96. The fraction of sp³-hybridized carbons (Fsp3) is 0.294. The van der Waals surface area contributed by atoms with E-state index >= 15 is 0 Å². The summed E-state index contributed by atoms with van der Waals surface area (Å²) in [6.45, 7) is 2.85. The van der Waals surface area contributed by atoms with Crippen molar-refractivity contribution in [2.45, 2.75) is 13.3 Å². The first kappa shape index (κ1) is 15.4. The average molecular weight is 339 g/mol. The van der Waals surface area contributed by atoms with Crippen LogP contribution in [0.5, 0.6) is 11.5 Å². The van der Waals surface area contributed by atoms with Gasteiger partial charge >= 0.3 is 0 Å². The van der Waals surface area contributed by atoms with Crippen LogP contribution in [-0.2, 0) is 11.2 Å². The number of carbonyl (C=O) groups excluding carboxylic acids is 1. The minimum Gasteiger partial charge on any atom is -0.494 e. The highest BCUT2D eigenvalue weighted by Gasteiger charge is 2.27. The van der Waals surface area contributed by atoms with Gasteiger partial charge < -0.3 is 9.47 Å². The summed E-state index contributed by atoms with van der Waals surface area (Å²) in [5, 5.41) is 6.92. The molecule has 0 saturated carbocycles. The molecule has 25 heavy (non-hydrogen) atoms. The molecule has 3 heterocycles. The minimum absolute atomic E-state index is 0.177. The maximum Gasteiger partial charge on any atom is 0.253 e. The molecule has 8 heteroatoms. The lowest BCUT2D eigenvalue weighted by Gasteiger charge is -2.24. The largest absolute Gasteiger partial charge is 0.494 e. The summed E-state index contributed by atoms with van der Waals surface area (Å²) in [5.74, 6) is 1.75. The molecule has 3 aromatic rings. The number of nitrogens with one attached hydrogen (secondary N) is 1. The Hall–Kier alpha value is -3.16. The van der Waals surface area contributed by atoms with Crippen molar-refractivity contribution < 1.29 is 14.3 Å². The van der Waals surface area contributed by atoms with Crippen LogP contribution in [0.2, 0.25) is 0 Å². The standard InChI is InChI=1S/C17H17N5O3/c1-2-24-13-4-5-14-11(9-13)8-12(10-25-14)15(23)19-16-20-17-18-6-3-7-22(17)21-16/h3-7,9,12H,2,8,10H2,1H3,(H,19,21,23)/t12-/m1/s1. The Balaban J connectivity index is 1.48. The second-order valence-corrected chi connectivity index (χ2v) is 5.70. The zero-order valence-electron chi connectivity index (χ0n) is 13.7. The highest BCUT2D eigenvalue weighted by Crippen LogP contribution is 2.31. The molecule has 0 saturated heterocycles. The number of hydrogen-bond acceptors (Lipinski definition) is 6.